The molecular weight excluding hydrogens is 190 g/mol. The molecule has 0 aliphatic carbocycles. The molecule has 0 atom stereocenters. The van der Waals surface area contributed by atoms with Crippen molar-refractivity contribution in [3.8, 4) is 0 Å². The number of rotatable bonds is 7. The molecule has 0 bridgehead atoms. The second-order valence-electron chi connectivity index (χ2n) is 3.62. The van der Waals surface area contributed by atoms with Crippen molar-refractivity contribution in [1.82, 2.24) is 14.7 Å². The lowest BCUT2D eigenvalue weighted by Crippen LogP contribution is -2.35. The molecule has 0 unspecified atom stereocenters. The Kier molecular flexibility index (Phi) is 5.31. The van der Waals surface area contributed by atoms with Crippen molar-refractivity contribution in [2.45, 2.75) is 6.42 Å². The minimum atomic E-state index is 0.686. The Morgan fingerprint density at radius 1 is 1.27 bits per heavy atom. The molecule has 1 heterocycles. The van der Waals surface area contributed by atoms with Crippen LogP contribution >= 0.6 is 0 Å². The lowest BCUT2D eigenvalue weighted by atomic mass is 10.3. The van der Waals surface area contributed by atoms with Crippen molar-refractivity contribution in [3.05, 3.63) is 18.0 Å². The first-order chi connectivity index (χ1) is 7.27. The number of aryl methyl sites for hydroxylation is 1. The lowest BCUT2D eigenvalue weighted by molar-refractivity contribution is 0.290. The van der Waals surface area contributed by atoms with Gasteiger partial charge in [-0.15, -0.1) is 0 Å². The number of hydrogen-bond acceptors (Lipinski definition) is 4. The van der Waals surface area contributed by atoms with Crippen LogP contribution in [0, 0.1) is 0 Å². The van der Waals surface area contributed by atoms with Crippen molar-refractivity contribution >= 4 is 0 Å². The van der Waals surface area contributed by atoms with E-state index >= 15 is 0 Å². The molecular formula is C10H21N5. The summed E-state index contributed by atoms with van der Waals surface area (Å²) in [6.45, 7) is 4.19. The van der Waals surface area contributed by atoms with Gasteiger partial charge >= 0.3 is 0 Å². The zero-order valence-corrected chi connectivity index (χ0v) is 9.39. The Bertz CT molecular complexity index is 265. The number of nitrogens with zero attached hydrogens (tertiary/aromatic N) is 3. The van der Waals surface area contributed by atoms with E-state index in [9.17, 15) is 0 Å². The average Bonchev–Trinajstić information content (AvgIpc) is 2.61. The Morgan fingerprint density at radius 2 is 1.93 bits per heavy atom. The van der Waals surface area contributed by atoms with Gasteiger partial charge in [-0.05, 0) is 6.07 Å². The second-order valence-corrected chi connectivity index (χ2v) is 3.62. The molecule has 1 aromatic rings. The number of nitrogens with two attached hydrogens (primary N) is 2. The first kappa shape index (κ1) is 12.2. The predicted octanol–water partition coefficient (Wildman–Crippen LogP) is -0.818. The molecule has 0 saturated carbocycles. The monoisotopic (exact) mass is 211 g/mol. The first-order valence-electron chi connectivity index (χ1n) is 5.37. The van der Waals surface area contributed by atoms with Gasteiger partial charge in [0.1, 0.15) is 0 Å². The normalized spacial score (nSPS) is 11.2. The molecule has 0 aliphatic heterocycles. The smallest absolute Gasteiger partial charge is 0.0492 e. The molecule has 0 radical (unpaired) electrons. The molecule has 4 N–H and O–H groups in total. The highest BCUT2D eigenvalue weighted by atomic mass is 15.3. The van der Waals surface area contributed by atoms with E-state index in [0.29, 0.717) is 13.1 Å². The van der Waals surface area contributed by atoms with E-state index in [1.165, 1.54) is 5.69 Å². The molecule has 0 aliphatic rings. The van der Waals surface area contributed by atoms with Crippen LogP contribution in [0.1, 0.15) is 5.69 Å². The molecule has 0 saturated heterocycles. The van der Waals surface area contributed by atoms with Gasteiger partial charge in [0.15, 0.2) is 0 Å². The van der Waals surface area contributed by atoms with Gasteiger partial charge in [0.25, 0.3) is 0 Å². The summed E-state index contributed by atoms with van der Waals surface area (Å²) >= 11 is 0. The maximum atomic E-state index is 5.54. The molecule has 0 amide bonds. The average molecular weight is 211 g/mol. The van der Waals surface area contributed by atoms with Crippen molar-refractivity contribution in [2.24, 2.45) is 18.5 Å². The zero-order chi connectivity index (χ0) is 11.1. The third kappa shape index (κ3) is 3.99. The summed E-state index contributed by atoms with van der Waals surface area (Å²) in [6, 6.07) is 2.04. The third-order valence-electron chi connectivity index (χ3n) is 2.50. The van der Waals surface area contributed by atoms with E-state index < -0.39 is 0 Å². The minimum absolute atomic E-state index is 0.686. The van der Waals surface area contributed by atoms with Crippen LogP contribution in [-0.4, -0.2) is 47.4 Å². The van der Waals surface area contributed by atoms with Gasteiger partial charge in [0.2, 0.25) is 0 Å². The maximum absolute atomic E-state index is 5.54. The first-order valence-corrected chi connectivity index (χ1v) is 5.37. The fraction of sp³-hybridized carbons (Fsp3) is 0.700. The van der Waals surface area contributed by atoms with Crippen molar-refractivity contribution in [1.29, 1.82) is 0 Å². The van der Waals surface area contributed by atoms with Crippen LogP contribution in [-0.2, 0) is 13.5 Å². The Labute approximate surface area is 91.0 Å². The molecule has 1 rings (SSSR count). The highest BCUT2D eigenvalue weighted by Gasteiger charge is 2.04. The van der Waals surface area contributed by atoms with Crippen molar-refractivity contribution in [2.75, 3.05) is 32.7 Å². The van der Waals surface area contributed by atoms with Crippen LogP contribution in [0.5, 0.6) is 0 Å². The van der Waals surface area contributed by atoms with Gasteiger partial charge in [-0.2, -0.15) is 5.10 Å². The summed E-state index contributed by atoms with van der Waals surface area (Å²) in [5.74, 6) is 0. The minimum Gasteiger partial charge on any atom is -0.329 e. The van der Waals surface area contributed by atoms with Crippen LogP contribution in [0.3, 0.4) is 0 Å². The Hall–Kier alpha value is -0.910. The van der Waals surface area contributed by atoms with Crippen LogP contribution < -0.4 is 11.5 Å². The summed E-state index contributed by atoms with van der Waals surface area (Å²) in [5.41, 5.74) is 12.3. The molecule has 5 heteroatoms. The fourth-order valence-corrected chi connectivity index (χ4v) is 1.62. The maximum Gasteiger partial charge on any atom is 0.0492 e. The molecule has 15 heavy (non-hydrogen) atoms. The van der Waals surface area contributed by atoms with E-state index in [1.54, 1.807) is 0 Å². The van der Waals surface area contributed by atoms with E-state index in [2.05, 4.69) is 10.00 Å². The van der Waals surface area contributed by atoms with E-state index in [4.69, 9.17) is 11.5 Å². The molecule has 0 fully saturated rings. The van der Waals surface area contributed by atoms with Crippen LogP contribution in [0.4, 0.5) is 0 Å². The zero-order valence-electron chi connectivity index (χ0n) is 9.39. The number of hydrogen-bond donors (Lipinski definition) is 2. The van der Waals surface area contributed by atoms with E-state index in [-0.39, 0.29) is 0 Å². The van der Waals surface area contributed by atoms with Crippen LogP contribution in [0.15, 0.2) is 12.3 Å². The van der Waals surface area contributed by atoms with E-state index in [1.807, 2.05) is 24.0 Å². The van der Waals surface area contributed by atoms with Gasteiger partial charge in [0, 0.05) is 58.1 Å². The summed E-state index contributed by atoms with van der Waals surface area (Å²) < 4.78 is 1.91. The van der Waals surface area contributed by atoms with Crippen molar-refractivity contribution in [3.63, 3.8) is 0 Å². The second kappa shape index (κ2) is 6.55. The SMILES string of the molecule is Cn1nccc1CCN(CCN)CCN. The predicted molar refractivity (Wildman–Crippen MR) is 61.5 cm³/mol. The largest absolute Gasteiger partial charge is 0.329 e. The number of aromatic nitrogens is 2. The quantitative estimate of drug-likeness (QED) is 0.618. The van der Waals surface area contributed by atoms with Gasteiger partial charge in [-0.1, -0.05) is 0 Å². The van der Waals surface area contributed by atoms with Gasteiger partial charge in [-0.25, -0.2) is 0 Å². The highest BCUT2D eigenvalue weighted by molar-refractivity contribution is 5.00. The third-order valence-corrected chi connectivity index (χ3v) is 2.50. The lowest BCUT2D eigenvalue weighted by Gasteiger charge is -2.20. The molecule has 1 aromatic heterocycles. The van der Waals surface area contributed by atoms with Gasteiger partial charge in [-0.3, -0.25) is 4.68 Å². The molecule has 86 valence electrons. The highest BCUT2D eigenvalue weighted by Crippen LogP contribution is 1.99. The molecule has 5 nitrogen and oxygen atoms in total. The topological polar surface area (TPSA) is 73.1 Å². The Balaban J connectivity index is 2.36. The standard InChI is InChI=1S/C10H21N5/c1-14-10(2-6-13-14)3-7-15(8-4-11)9-5-12/h2,6H,3-5,7-9,11-12H2,1H3. The van der Waals surface area contributed by atoms with Gasteiger partial charge < -0.3 is 16.4 Å². The summed E-state index contributed by atoms with van der Waals surface area (Å²) in [5, 5.41) is 4.14. The van der Waals surface area contributed by atoms with Gasteiger partial charge in [0.05, 0.1) is 0 Å². The summed E-state index contributed by atoms with van der Waals surface area (Å²) in [6.07, 6.45) is 2.82. The fourth-order valence-electron chi connectivity index (χ4n) is 1.62. The summed E-state index contributed by atoms with van der Waals surface area (Å²) in [7, 11) is 1.96. The Morgan fingerprint density at radius 3 is 2.40 bits per heavy atom. The van der Waals surface area contributed by atoms with Crippen LogP contribution in [0.25, 0.3) is 0 Å². The van der Waals surface area contributed by atoms with E-state index in [0.717, 1.165) is 26.1 Å². The summed E-state index contributed by atoms with van der Waals surface area (Å²) in [4.78, 5) is 2.28. The van der Waals surface area contributed by atoms with Crippen molar-refractivity contribution < 1.29 is 0 Å². The molecule has 0 spiro atoms. The van der Waals surface area contributed by atoms with Crippen LogP contribution in [0.2, 0.25) is 0 Å². The molecule has 0 aromatic carbocycles.